The van der Waals surface area contributed by atoms with Crippen molar-refractivity contribution < 1.29 is 17.9 Å². The highest BCUT2D eigenvalue weighted by atomic mass is 32.2. The molecule has 1 aliphatic heterocycles. The fourth-order valence-electron chi connectivity index (χ4n) is 3.58. The fourth-order valence-corrected chi connectivity index (χ4v) is 5.33. The Balaban J connectivity index is 2.13. The maximum Gasteiger partial charge on any atom is 0.338 e. The van der Waals surface area contributed by atoms with E-state index < -0.39 is 16.0 Å². The van der Waals surface area contributed by atoms with E-state index in [4.69, 9.17) is 4.74 Å². The molecule has 3 rings (SSSR count). The quantitative estimate of drug-likeness (QED) is 0.630. The Morgan fingerprint density at radius 3 is 2.00 bits per heavy atom. The number of fused-ring (bicyclic) bond motifs is 1. The molecule has 0 radical (unpaired) electrons. The molecule has 0 saturated heterocycles. The van der Waals surface area contributed by atoms with Crippen LogP contribution < -0.4 is 4.72 Å². The van der Waals surface area contributed by atoms with E-state index in [9.17, 15) is 13.2 Å². The number of hydrogen-bond donors (Lipinski definition) is 1. The third kappa shape index (κ3) is 4.17. The summed E-state index contributed by atoms with van der Waals surface area (Å²) in [5.74, 6) is -0.0222. The lowest BCUT2D eigenvalue weighted by Gasteiger charge is -2.23. The van der Waals surface area contributed by atoms with Crippen LogP contribution in [0.15, 0.2) is 35.2 Å². The van der Waals surface area contributed by atoms with Gasteiger partial charge >= 0.3 is 5.97 Å². The van der Waals surface area contributed by atoms with Crippen molar-refractivity contribution in [1.82, 2.24) is 0 Å². The topological polar surface area (TPSA) is 72.5 Å². The minimum Gasteiger partial charge on any atom is -0.457 e. The van der Waals surface area contributed by atoms with E-state index in [1.54, 1.807) is 18.2 Å². The number of hydrogen-bond acceptors (Lipinski definition) is 4. The van der Waals surface area contributed by atoms with Crippen molar-refractivity contribution in [1.29, 1.82) is 0 Å². The van der Waals surface area contributed by atoms with Gasteiger partial charge in [-0.2, -0.15) is 0 Å². The van der Waals surface area contributed by atoms with Gasteiger partial charge in [-0.25, -0.2) is 13.2 Å². The first-order valence-corrected chi connectivity index (χ1v) is 11.5. The number of anilines is 1. The molecule has 6 heteroatoms. The van der Waals surface area contributed by atoms with E-state index in [0.717, 1.165) is 22.3 Å². The Kier molecular flexibility index (Phi) is 5.77. The van der Waals surface area contributed by atoms with Crippen LogP contribution in [0.25, 0.3) is 0 Å². The predicted molar refractivity (Wildman–Crippen MR) is 115 cm³/mol. The maximum absolute atomic E-state index is 13.5. The molecule has 0 fully saturated rings. The SMILES string of the molecule is CC(C)c1cc(C(C)C)c(S(=O)(=O)Nc2ccc3c(c2)C(=O)OC3)c(C(C)C)c1. The number of esters is 1. The predicted octanol–water partition coefficient (Wildman–Crippen LogP) is 5.53. The average Bonchev–Trinajstić information content (AvgIpc) is 3.00. The number of cyclic esters (lactones) is 1. The summed E-state index contributed by atoms with van der Waals surface area (Å²) in [6, 6.07) is 8.97. The van der Waals surface area contributed by atoms with Crippen molar-refractivity contribution in [2.45, 2.75) is 70.8 Å². The van der Waals surface area contributed by atoms with Gasteiger partial charge in [-0.05, 0) is 46.6 Å². The first-order valence-electron chi connectivity index (χ1n) is 10.0. The van der Waals surface area contributed by atoms with Crippen LogP contribution in [-0.2, 0) is 21.4 Å². The molecule has 0 unspecified atom stereocenters. The molecule has 0 spiro atoms. The summed E-state index contributed by atoms with van der Waals surface area (Å²) in [6.07, 6.45) is 0. The van der Waals surface area contributed by atoms with Gasteiger partial charge in [-0.3, -0.25) is 4.72 Å². The van der Waals surface area contributed by atoms with Crippen LogP contribution >= 0.6 is 0 Å². The van der Waals surface area contributed by atoms with E-state index in [1.165, 1.54) is 0 Å². The van der Waals surface area contributed by atoms with E-state index in [1.807, 2.05) is 39.8 Å². The van der Waals surface area contributed by atoms with Gasteiger partial charge in [-0.1, -0.05) is 59.7 Å². The van der Waals surface area contributed by atoms with Crippen LogP contribution in [0.4, 0.5) is 5.69 Å². The number of rotatable bonds is 6. The average molecular weight is 416 g/mol. The molecule has 0 saturated carbocycles. The Bertz CT molecular complexity index is 1020. The van der Waals surface area contributed by atoms with Crippen LogP contribution in [0.1, 0.15) is 91.9 Å². The molecule has 29 heavy (non-hydrogen) atoms. The van der Waals surface area contributed by atoms with Crippen LogP contribution in [0, 0.1) is 0 Å². The highest BCUT2D eigenvalue weighted by Crippen LogP contribution is 2.36. The lowest BCUT2D eigenvalue weighted by molar-refractivity contribution is 0.0535. The van der Waals surface area contributed by atoms with Gasteiger partial charge in [0, 0.05) is 11.3 Å². The molecule has 0 aromatic heterocycles. The van der Waals surface area contributed by atoms with Gasteiger partial charge in [0.2, 0.25) is 0 Å². The molecular weight excluding hydrogens is 386 g/mol. The molecule has 156 valence electrons. The Labute approximate surface area is 173 Å². The van der Waals surface area contributed by atoms with Gasteiger partial charge in [0.15, 0.2) is 0 Å². The van der Waals surface area contributed by atoms with E-state index >= 15 is 0 Å². The highest BCUT2D eigenvalue weighted by molar-refractivity contribution is 7.92. The number of ether oxygens (including phenoxy) is 1. The molecule has 0 atom stereocenters. The second-order valence-electron chi connectivity index (χ2n) is 8.55. The van der Waals surface area contributed by atoms with Gasteiger partial charge < -0.3 is 4.74 Å². The third-order valence-electron chi connectivity index (χ3n) is 5.29. The fraction of sp³-hybridized carbons (Fsp3) is 0.435. The van der Waals surface area contributed by atoms with Crippen molar-refractivity contribution in [2.75, 3.05) is 4.72 Å². The summed E-state index contributed by atoms with van der Waals surface area (Å²) >= 11 is 0. The smallest absolute Gasteiger partial charge is 0.338 e. The van der Waals surface area contributed by atoms with Crippen LogP contribution in [-0.4, -0.2) is 14.4 Å². The summed E-state index contributed by atoms with van der Waals surface area (Å²) in [6.45, 7) is 12.5. The molecule has 1 heterocycles. The lowest BCUT2D eigenvalue weighted by atomic mass is 9.89. The summed E-state index contributed by atoms with van der Waals surface area (Å²) in [4.78, 5) is 12.2. The highest BCUT2D eigenvalue weighted by Gasteiger charge is 2.28. The molecule has 1 aliphatic rings. The molecule has 1 N–H and O–H groups in total. The largest absolute Gasteiger partial charge is 0.457 e. The molecule has 0 bridgehead atoms. The summed E-state index contributed by atoms with van der Waals surface area (Å²) in [5.41, 5.74) is 4.30. The van der Waals surface area contributed by atoms with Gasteiger partial charge in [0.1, 0.15) is 6.61 Å². The zero-order valence-electron chi connectivity index (χ0n) is 17.9. The molecule has 0 amide bonds. The summed E-state index contributed by atoms with van der Waals surface area (Å²) in [7, 11) is -3.84. The van der Waals surface area contributed by atoms with Gasteiger partial charge in [0.05, 0.1) is 10.5 Å². The Morgan fingerprint density at radius 1 is 0.897 bits per heavy atom. The van der Waals surface area contributed by atoms with Crippen molar-refractivity contribution in [3.8, 4) is 0 Å². The van der Waals surface area contributed by atoms with E-state index in [0.29, 0.717) is 22.1 Å². The molecule has 2 aromatic carbocycles. The number of benzene rings is 2. The van der Waals surface area contributed by atoms with Gasteiger partial charge in [-0.15, -0.1) is 0 Å². The third-order valence-corrected chi connectivity index (χ3v) is 6.80. The number of carbonyl (C=O) groups excluding carboxylic acids is 1. The van der Waals surface area contributed by atoms with Crippen LogP contribution in [0.5, 0.6) is 0 Å². The first-order chi connectivity index (χ1) is 13.5. The Hall–Kier alpha value is -2.34. The minimum absolute atomic E-state index is 0.0489. The number of nitrogens with one attached hydrogen (secondary N) is 1. The van der Waals surface area contributed by atoms with E-state index in [-0.39, 0.29) is 18.4 Å². The van der Waals surface area contributed by atoms with Crippen molar-refractivity contribution >= 4 is 21.7 Å². The summed E-state index contributed by atoms with van der Waals surface area (Å²) < 4.78 is 34.7. The monoisotopic (exact) mass is 415 g/mol. The first kappa shape index (κ1) is 21.4. The number of carbonyl (C=O) groups is 1. The van der Waals surface area contributed by atoms with Crippen molar-refractivity contribution in [2.24, 2.45) is 0 Å². The maximum atomic E-state index is 13.5. The zero-order valence-corrected chi connectivity index (χ0v) is 18.7. The Morgan fingerprint density at radius 2 is 1.48 bits per heavy atom. The van der Waals surface area contributed by atoms with Gasteiger partial charge in [0.25, 0.3) is 10.0 Å². The number of sulfonamides is 1. The second-order valence-corrected chi connectivity index (χ2v) is 10.2. The second kappa shape index (κ2) is 7.82. The van der Waals surface area contributed by atoms with Crippen LogP contribution in [0.3, 0.4) is 0 Å². The molecular formula is C23H29NO4S. The summed E-state index contributed by atoms with van der Waals surface area (Å²) in [5, 5.41) is 0. The zero-order chi connectivity index (χ0) is 21.5. The standard InChI is InChI=1S/C23H29NO4S/c1-13(2)17-9-19(14(3)4)22(20(10-17)15(5)6)29(26,27)24-18-8-7-16-12-28-23(25)21(16)11-18/h7-11,13-15,24H,12H2,1-6H3. The minimum atomic E-state index is -3.84. The van der Waals surface area contributed by atoms with Crippen molar-refractivity contribution in [3.05, 3.63) is 58.1 Å². The van der Waals surface area contributed by atoms with Crippen LogP contribution in [0.2, 0.25) is 0 Å². The lowest BCUT2D eigenvalue weighted by Crippen LogP contribution is -2.19. The normalized spacial score (nSPS) is 13.9. The van der Waals surface area contributed by atoms with E-state index in [2.05, 4.69) is 18.6 Å². The van der Waals surface area contributed by atoms with Crippen molar-refractivity contribution in [3.63, 3.8) is 0 Å². The molecule has 2 aromatic rings. The molecule has 0 aliphatic carbocycles. The molecule has 5 nitrogen and oxygen atoms in total.